The fraction of sp³-hybridized carbons (Fsp3) is 1.00. The molecule has 1 aliphatic carbocycles. The predicted molar refractivity (Wildman–Crippen MR) is 55.8 cm³/mol. The zero-order valence-corrected chi connectivity index (χ0v) is 9.86. The van der Waals surface area contributed by atoms with E-state index in [9.17, 15) is 0 Å². The van der Waals surface area contributed by atoms with Gasteiger partial charge in [0.15, 0.2) is 0 Å². The number of hydrogen-bond acceptors (Lipinski definition) is 1. The molecule has 0 N–H and O–H groups in total. The molecule has 0 heterocycles. The Balaban J connectivity index is 2.32. The van der Waals surface area contributed by atoms with E-state index in [1.54, 1.807) is 0 Å². The molecule has 12 heavy (non-hydrogen) atoms. The maximum Gasteiger partial charge on any atom is 0.0726 e. The molecule has 0 saturated heterocycles. The third kappa shape index (κ3) is 3.06. The van der Waals surface area contributed by atoms with Crippen LogP contribution in [0.1, 0.15) is 40.0 Å². The van der Waals surface area contributed by atoms with E-state index in [0.29, 0.717) is 6.10 Å². The lowest BCUT2D eigenvalue weighted by atomic mass is 10.1. The summed E-state index contributed by atoms with van der Waals surface area (Å²) in [5, 5.41) is 0.922. The average molecular weight is 235 g/mol. The Morgan fingerprint density at radius 3 is 2.50 bits per heavy atom. The fourth-order valence-electron chi connectivity index (χ4n) is 1.74. The fourth-order valence-corrected chi connectivity index (χ4v) is 1.88. The molecule has 0 radical (unpaired) electrons. The van der Waals surface area contributed by atoms with Gasteiger partial charge in [0.05, 0.1) is 11.7 Å². The van der Waals surface area contributed by atoms with Gasteiger partial charge in [-0.1, -0.05) is 22.9 Å². The molecule has 1 saturated carbocycles. The highest BCUT2D eigenvalue weighted by Crippen LogP contribution is 2.30. The van der Waals surface area contributed by atoms with Gasteiger partial charge in [-0.05, 0) is 39.0 Å². The first-order chi connectivity index (χ1) is 5.53. The molecule has 0 amide bonds. The molecule has 2 heteroatoms. The molecule has 0 bridgehead atoms. The van der Waals surface area contributed by atoms with E-state index in [-0.39, 0.29) is 5.60 Å². The summed E-state index contributed by atoms with van der Waals surface area (Å²) in [6, 6.07) is 0. The molecule has 0 spiro atoms. The maximum atomic E-state index is 5.97. The van der Waals surface area contributed by atoms with E-state index in [1.807, 2.05) is 0 Å². The number of ether oxygens (including phenoxy) is 1. The van der Waals surface area contributed by atoms with Crippen LogP contribution in [0.3, 0.4) is 0 Å². The number of hydrogen-bond donors (Lipinski definition) is 0. The van der Waals surface area contributed by atoms with Crippen LogP contribution in [0.5, 0.6) is 0 Å². The summed E-state index contributed by atoms with van der Waals surface area (Å²) in [7, 11) is 0. The Bertz CT molecular complexity index is 145. The largest absolute Gasteiger partial charge is 0.371 e. The van der Waals surface area contributed by atoms with Crippen LogP contribution in [0.25, 0.3) is 0 Å². The Labute approximate surface area is 84.0 Å². The third-order valence-corrected chi connectivity index (χ3v) is 3.80. The van der Waals surface area contributed by atoms with Crippen molar-refractivity contribution in [1.82, 2.24) is 0 Å². The molecule has 1 fully saturated rings. The molecule has 1 rings (SSSR count). The lowest BCUT2D eigenvalue weighted by Crippen LogP contribution is -2.31. The summed E-state index contributed by atoms with van der Waals surface area (Å²) in [5.41, 5.74) is 0.00866. The second kappa shape index (κ2) is 4.10. The summed E-state index contributed by atoms with van der Waals surface area (Å²) in [6.45, 7) is 6.60. The van der Waals surface area contributed by atoms with Crippen molar-refractivity contribution in [2.24, 2.45) is 5.92 Å². The van der Waals surface area contributed by atoms with E-state index in [2.05, 4.69) is 36.7 Å². The van der Waals surface area contributed by atoms with Crippen LogP contribution in [0.2, 0.25) is 0 Å². The van der Waals surface area contributed by atoms with Gasteiger partial charge in [0.2, 0.25) is 0 Å². The predicted octanol–water partition coefficient (Wildman–Crippen LogP) is 3.37. The maximum absolute atomic E-state index is 5.97. The first kappa shape index (κ1) is 10.5. The molecule has 0 aromatic heterocycles. The zero-order chi connectivity index (χ0) is 9.19. The van der Waals surface area contributed by atoms with Crippen LogP contribution in [-0.4, -0.2) is 17.0 Å². The SMILES string of the molecule is CC1CCC(OC(C)(C)CBr)C1. The molecule has 2 atom stereocenters. The van der Waals surface area contributed by atoms with Crippen LogP contribution in [0.4, 0.5) is 0 Å². The van der Waals surface area contributed by atoms with Crippen molar-refractivity contribution in [3.05, 3.63) is 0 Å². The summed E-state index contributed by atoms with van der Waals surface area (Å²) in [5.74, 6) is 0.862. The van der Waals surface area contributed by atoms with Crippen LogP contribution in [0, 0.1) is 5.92 Å². The van der Waals surface area contributed by atoms with Crippen LogP contribution >= 0.6 is 15.9 Å². The first-order valence-electron chi connectivity index (χ1n) is 4.77. The Hall–Kier alpha value is 0.440. The van der Waals surface area contributed by atoms with E-state index in [4.69, 9.17) is 4.74 Å². The van der Waals surface area contributed by atoms with E-state index >= 15 is 0 Å². The van der Waals surface area contributed by atoms with E-state index in [0.717, 1.165) is 11.2 Å². The average Bonchev–Trinajstić information content (AvgIpc) is 2.35. The standard InChI is InChI=1S/C10H19BrO/c1-8-4-5-9(6-8)12-10(2,3)7-11/h8-9H,4-7H2,1-3H3. The van der Waals surface area contributed by atoms with Gasteiger partial charge in [0, 0.05) is 5.33 Å². The molecule has 2 unspecified atom stereocenters. The topological polar surface area (TPSA) is 9.23 Å². The van der Waals surface area contributed by atoms with Crippen LogP contribution in [0.15, 0.2) is 0 Å². The Morgan fingerprint density at radius 1 is 1.42 bits per heavy atom. The highest BCUT2D eigenvalue weighted by molar-refractivity contribution is 9.09. The molecule has 0 aromatic carbocycles. The van der Waals surface area contributed by atoms with Gasteiger partial charge in [0.25, 0.3) is 0 Å². The van der Waals surface area contributed by atoms with Crippen molar-refractivity contribution >= 4 is 15.9 Å². The van der Waals surface area contributed by atoms with Gasteiger partial charge in [-0.3, -0.25) is 0 Å². The summed E-state index contributed by atoms with van der Waals surface area (Å²) >= 11 is 3.47. The van der Waals surface area contributed by atoms with Crippen molar-refractivity contribution in [3.8, 4) is 0 Å². The zero-order valence-electron chi connectivity index (χ0n) is 8.27. The number of alkyl halides is 1. The Kier molecular flexibility index (Phi) is 3.59. The van der Waals surface area contributed by atoms with Crippen molar-refractivity contribution in [2.45, 2.75) is 51.7 Å². The minimum atomic E-state index is 0.00866. The highest BCUT2D eigenvalue weighted by Gasteiger charge is 2.27. The molecular weight excluding hydrogens is 216 g/mol. The molecule has 72 valence electrons. The van der Waals surface area contributed by atoms with Gasteiger partial charge < -0.3 is 4.74 Å². The van der Waals surface area contributed by atoms with Gasteiger partial charge in [0.1, 0.15) is 0 Å². The minimum absolute atomic E-state index is 0.00866. The summed E-state index contributed by atoms with van der Waals surface area (Å²) in [4.78, 5) is 0. The van der Waals surface area contributed by atoms with Gasteiger partial charge in [-0.15, -0.1) is 0 Å². The van der Waals surface area contributed by atoms with E-state index in [1.165, 1.54) is 19.3 Å². The van der Waals surface area contributed by atoms with Crippen molar-refractivity contribution < 1.29 is 4.74 Å². The third-order valence-electron chi connectivity index (χ3n) is 2.45. The lowest BCUT2D eigenvalue weighted by molar-refractivity contribution is -0.0532. The van der Waals surface area contributed by atoms with Crippen molar-refractivity contribution in [2.75, 3.05) is 5.33 Å². The van der Waals surface area contributed by atoms with Gasteiger partial charge in [-0.25, -0.2) is 0 Å². The number of halogens is 1. The monoisotopic (exact) mass is 234 g/mol. The minimum Gasteiger partial charge on any atom is -0.371 e. The van der Waals surface area contributed by atoms with Crippen molar-refractivity contribution in [3.63, 3.8) is 0 Å². The molecule has 1 nitrogen and oxygen atoms in total. The first-order valence-corrected chi connectivity index (χ1v) is 5.89. The summed E-state index contributed by atoms with van der Waals surface area (Å²) in [6.07, 6.45) is 4.34. The van der Waals surface area contributed by atoms with Crippen LogP contribution < -0.4 is 0 Å². The van der Waals surface area contributed by atoms with Gasteiger partial charge >= 0.3 is 0 Å². The molecule has 0 aromatic rings. The Morgan fingerprint density at radius 2 is 2.08 bits per heavy atom. The molecule has 1 aliphatic rings. The highest BCUT2D eigenvalue weighted by atomic mass is 79.9. The summed E-state index contributed by atoms with van der Waals surface area (Å²) < 4.78 is 5.97. The number of rotatable bonds is 3. The van der Waals surface area contributed by atoms with E-state index < -0.39 is 0 Å². The molecule has 0 aliphatic heterocycles. The van der Waals surface area contributed by atoms with Crippen LogP contribution in [-0.2, 0) is 4.74 Å². The second-order valence-corrected chi connectivity index (χ2v) is 5.11. The van der Waals surface area contributed by atoms with Gasteiger partial charge in [-0.2, -0.15) is 0 Å². The van der Waals surface area contributed by atoms with Crippen molar-refractivity contribution in [1.29, 1.82) is 0 Å². The lowest BCUT2D eigenvalue weighted by Gasteiger charge is -2.27. The second-order valence-electron chi connectivity index (χ2n) is 4.55. The molecular formula is C10H19BrO. The smallest absolute Gasteiger partial charge is 0.0726 e. The quantitative estimate of drug-likeness (QED) is 0.681. The normalized spacial score (nSPS) is 31.0.